The molecule has 5 unspecified atom stereocenters. The molecule has 780 valence electrons. The predicted octanol–water partition coefficient (Wildman–Crippen LogP) is -5.49. The summed E-state index contributed by atoms with van der Waals surface area (Å²) in [5, 5.41) is 46.1. The monoisotopic (exact) mass is 1950 g/mol. The van der Waals surface area contributed by atoms with Gasteiger partial charge >= 0.3 is 0 Å². The maximum absolute atomic E-state index is 12.2. The van der Waals surface area contributed by atoms with E-state index in [1.807, 2.05) is 34.6 Å². The van der Waals surface area contributed by atoms with Crippen molar-refractivity contribution in [3.05, 3.63) is 0 Å². The second-order valence-electron chi connectivity index (χ2n) is 29.2. The molecular weight excluding hydrogens is 1800 g/mol. The minimum Gasteiger partial charge on any atom is -0.374 e. The number of ether oxygens (including phenoxy) is 4. The summed E-state index contributed by atoms with van der Waals surface area (Å²) < 4.78 is 19.2. The lowest BCUT2D eigenvalue weighted by atomic mass is 10.1. The topological polar surface area (TPSA) is 726 Å². The Kier molecular flexibility index (Phi) is 96.0. The molecular formula is C86H155N19O31. The summed E-state index contributed by atoms with van der Waals surface area (Å²) >= 11 is 0. The number of Topliss-reactive ketones (excluding diaryl/α,β-unsaturated/α-hetero) is 8. The van der Waals surface area contributed by atoms with Crippen LogP contribution in [0.1, 0.15) is 218 Å². The SMILES string of the molecule is C.CC(=O)CCCC(=O)NC(C)C(=O)NC(C)C(=O)NC(C)C.CCC(=O)NCC(=O)NCC(=O)NCC(C)=O.CCC(=O)NCCNC(=O)C(C)NC(=O)C(C)NC(=O)C(C)NC(=O)COCC(C)=O.CCC(=O)NCCNC(=O)CNC(=O)CNC(=O)CNC(=O)COCC(C)=O.CCC(C)=O.CCCC(C)=O.CCOCC(=O)NCC(=O)NCC(=O)NCC(C)=O.CCOCC(C)=O. The second-order valence-corrected chi connectivity index (χ2v) is 29.2. The van der Waals surface area contributed by atoms with Crippen molar-refractivity contribution < 1.29 is 148 Å². The van der Waals surface area contributed by atoms with Crippen molar-refractivity contribution in [2.45, 2.75) is 254 Å². The van der Waals surface area contributed by atoms with Gasteiger partial charge in [0.15, 0.2) is 17.3 Å². The van der Waals surface area contributed by atoms with E-state index in [-0.39, 0.29) is 220 Å². The fraction of sp³-hybridized carbons (Fsp3) is 0.686. The molecule has 19 N–H and O–H groups in total. The van der Waals surface area contributed by atoms with E-state index in [4.69, 9.17) is 18.9 Å². The number of hydrogen-bond acceptors (Lipinski definition) is 31. The van der Waals surface area contributed by atoms with E-state index in [0.29, 0.717) is 51.7 Å². The van der Waals surface area contributed by atoms with E-state index in [2.05, 4.69) is 101 Å². The number of hydrogen-bond donors (Lipinski definition) is 19. The molecule has 50 heteroatoms. The molecule has 0 saturated heterocycles. The van der Waals surface area contributed by atoms with Gasteiger partial charge in [-0.25, -0.2) is 0 Å². The van der Waals surface area contributed by atoms with Crippen LogP contribution in [-0.2, 0) is 148 Å². The zero-order valence-electron chi connectivity index (χ0n) is 82.3. The molecule has 0 bridgehead atoms. The summed E-state index contributed by atoms with van der Waals surface area (Å²) in [4.78, 5) is 301. The van der Waals surface area contributed by atoms with Crippen LogP contribution in [0.5, 0.6) is 0 Å². The first-order valence-electron chi connectivity index (χ1n) is 43.6. The molecule has 19 amide bonds. The highest BCUT2D eigenvalue weighted by molar-refractivity contribution is 5.96. The number of carbonyl (C=O) groups is 27. The van der Waals surface area contributed by atoms with Gasteiger partial charge in [-0.3, -0.25) is 115 Å². The standard InChI is InChI=1S/C19H33N5O7.C16H27N5O7.C15H27N3O4.C11H19N3O5.C10H17N3O4.C5H10O2.C5H10O.C4H8O.CH4/c1-6-15(26)20-7-8-21-17(28)12(3)23-19(30)14(5)24-18(29)13(4)22-16(27)10-31-9-11(2)25;1-3-12(23)17-4-5-18-13(24)6-19-14(25)7-20-15(26)8-21-16(27)10-28-9-11(2)22;1-9(2)16-14(21)12(5)18-15(22)11(4)17-13(20)8-6-7-10(3)19;1-3-19-7-11(18)14-6-10(17)13-5-9(16)12-4-8(2)15;1-3-8(15)12-5-10(17)13-6-9(16)11-4-7(2)14;1-3-7-4-5(2)6;1-3-4-5(2)6;1-3-4(2)5;/h12-14H,6-10H2,1-5H3,(H,20,26)(H,21,28)(H,22,27)(H,23,30)(H,24,29);3-10H2,1-2H3,(H,17,23)(H,18,24)(H,19,25)(H,20,26)(H,21,27);9,11-12H,6-8H2,1-5H3,(H,16,21)(H,17,20)(H,18,22);3-7H2,1-2H3,(H,12,16)(H,13,17)(H,14,18);3-6H2,1-2H3,(H,11,16)(H,12,15)(H,13,17);3-4H2,1-2H3;3-4H2,1-2H3;3H2,1-2H3;1H4. The van der Waals surface area contributed by atoms with Gasteiger partial charge in [-0.15, -0.1) is 0 Å². The molecule has 0 aromatic carbocycles. The van der Waals surface area contributed by atoms with Crippen LogP contribution in [0.2, 0.25) is 0 Å². The number of nitrogens with one attached hydrogen (secondary N) is 19. The van der Waals surface area contributed by atoms with Gasteiger partial charge in [0.05, 0.1) is 58.9 Å². The summed E-state index contributed by atoms with van der Waals surface area (Å²) in [6.07, 6.45) is 4.39. The Balaban J connectivity index is -0.000000204. The highest BCUT2D eigenvalue weighted by Crippen LogP contribution is 1.99. The third kappa shape index (κ3) is 108. The smallest absolute Gasteiger partial charge is 0.246 e. The maximum Gasteiger partial charge on any atom is 0.246 e. The lowest BCUT2D eigenvalue weighted by Crippen LogP contribution is -2.55. The van der Waals surface area contributed by atoms with Gasteiger partial charge in [-0.2, -0.15) is 0 Å². The summed E-state index contributed by atoms with van der Waals surface area (Å²) in [5.41, 5.74) is 0. The van der Waals surface area contributed by atoms with Gasteiger partial charge in [-0.1, -0.05) is 42.0 Å². The van der Waals surface area contributed by atoms with Gasteiger partial charge in [-0.05, 0) is 131 Å². The van der Waals surface area contributed by atoms with Gasteiger partial charge in [0, 0.05) is 90.4 Å². The Bertz CT molecular complexity index is 3730. The fourth-order valence-corrected chi connectivity index (χ4v) is 7.77. The number of amides is 19. The molecule has 0 rings (SSSR count). The van der Waals surface area contributed by atoms with Crippen molar-refractivity contribution in [2.24, 2.45) is 0 Å². The molecule has 136 heavy (non-hydrogen) atoms. The molecule has 0 aliphatic carbocycles. The molecule has 0 saturated carbocycles. The van der Waals surface area contributed by atoms with Crippen LogP contribution in [0.15, 0.2) is 0 Å². The van der Waals surface area contributed by atoms with Crippen LogP contribution in [0.25, 0.3) is 0 Å². The Labute approximate surface area is 796 Å². The molecule has 0 aromatic heterocycles. The molecule has 0 spiro atoms. The predicted molar refractivity (Wildman–Crippen MR) is 497 cm³/mol. The highest BCUT2D eigenvalue weighted by atomic mass is 16.5. The molecule has 0 heterocycles. The fourth-order valence-electron chi connectivity index (χ4n) is 7.77. The van der Waals surface area contributed by atoms with Crippen LogP contribution in [0.3, 0.4) is 0 Å². The Morgan fingerprint density at radius 1 is 0.206 bits per heavy atom. The lowest BCUT2D eigenvalue weighted by Gasteiger charge is -2.20. The highest BCUT2D eigenvalue weighted by Gasteiger charge is 2.26. The van der Waals surface area contributed by atoms with Crippen LogP contribution >= 0.6 is 0 Å². The maximum atomic E-state index is 12.2. The zero-order valence-corrected chi connectivity index (χ0v) is 82.3. The van der Waals surface area contributed by atoms with Crippen molar-refractivity contribution in [3.8, 4) is 0 Å². The minimum atomic E-state index is -0.958. The van der Waals surface area contributed by atoms with Gasteiger partial charge in [0.1, 0.15) is 98.8 Å². The third-order valence-corrected chi connectivity index (χ3v) is 15.0. The lowest BCUT2D eigenvalue weighted by molar-refractivity contribution is -0.134. The molecule has 5 atom stereocenters. The summed E-state index contributed by atoms with van der Waals surface area (Å²) in [6, 6.07) is -4.18. The Hall–Kier alpha value is -12.9. The van der Waals surface area contributed by atoms with Gasteiger partial charge < -0.3 is 134 Å². The van der Waals surface area contributed by atoms with Crippen LogP contribution in [0.4, 0.5) is 0 Å². The first kappa shape index (κ1) is 141. The number of ketones is 8. The second kappa shape index (κ2) is 92.6. The minimum absolute atomic E-state index is 0. The van der Waals surface area contributed by atoms with Gasteiger partial charge in [0.25, 0.3) is 0 Å². The van der Waals surface area contributed by atoms with Crippen LogP contribution in [0, 0.1) is 0 Å². The zero-order chi connectivity index (χ0) is 106. The van der Waals surface area contributed by atoms with E-state index in [9.17, 15) is 129 Å². The summed E-state index contributed by atoms with van der Waals surface area (Å²) in [5.74, 6) is -8.32. The summed E-state index contributed by atoms with van der Waals surface area (Å²) in [6.45, 7) is 34.3. The van der Waals surface area contributed by atoms with Crippen LogP contribution < -0.4 is 101 Å². The van der Waals surface area contributed by atoms with Crippen molar-refractivity contribution in [2.75, 3.05) is 138 Å². The summed E-state index contributed by atoms with van der Waals surface area (Å²) in [7, 11) is 0. The normalized spacial score (nSPS) is 10.8. The first-order chi connectivity index (χ1) is 63.1. The van der Waals surface area contributed by atoms with Crippen molar-refractivity contribution in [1.29, 1.82) is 0 Å². The quantitative estimate of drug-likeness (QED) is 0.0253. The van der Waals surface area contributed by atoms with E-state index in [1.165, 1.54) is 62.3 Å². The van der Waals surface area contributed by atoms with Crippen molar-refractivity contribution in [1.82, 2.24) is 101 Å². The number of rotatable bonds is 59. The average molecular weight is 1950 g/mol. The number of carbonyl (C=O) groups excluding carboxylic acids is 27. The first-order valence-corrected chi connectivity index (χ1v) is 43.6. The molecule has 0 fully saturated rings. The van der Waals surface area contributed by atoms with E-state index < -0.39 is 113 Å². The molecule has 0 radical (unpaired) electrons. The molecule has 0 aromatic rings. The average Bonchev–Trinajstić information content (AvgIpc) is 0.892. The van der Waals surface area contributed by atoms with Gasteiger partial charge in [0.2, 0.25) is 112 Å². The largest absolute Gasteiger partial charge is 0.374 e. The Morgan fingerprint density at radius 2 is 0.449 bits per heavy atom. The van der Waals surface area contributed by atoms with E-state index in [1.54, 1.807) is 55.4 Å². The molecule has 50 nitrogen and oxygen atoms in total. The van der Waals surface area contributed by atoms with Crippen molar-refractivity contribution in [3.63, 3.8) is 0 Å². The van der Waals surface area contributed by atoms with E-state index in [0.717, 1.165) is 12.8 Å². The Morgan fingerprint density at radius 3 is 0.728 bits per heavy atom. The molecule has 0 aliphatic rings. The molecule has 0 aliphatic heterocycles. The third-order valence-electron chi connectivity index (χ3n) is 15.0. The van der Waals surface area contributed by atoms with E-state index >= 15 is 0 Å². The van der Waals surface area contributed by atoms with Crippen LogP contribution in [-0.4, -0.2) is 333 Å². The van der Waals surface area contributed by atoms with Crippen molar-refractivity contribution >= 4 is 159 Å².